The predicted molar refractivity (Wildman–Crippen MR) is 95.8 cm³/mol. The van der Waals surface area contributed by atoms with Gasteiger partial charge in [0.15, 0.2) is 6.61 Å². The van der Waals surface area contributed by atoms with Gasteiger partial charge in [-0.15, -0.1) is 0 Å². The third-order valence-corrected chi connectivity index (χ3v) is 3.75. The second kappa shape index (κ2) is 9.69. The molecule has 5 nitrogen and oxygen atoms in total. The van der Waals surface area contributed by atoms with Gasteiger partial charge in [0.2, 0.25) is 0 Å². The summed E-state index contributed by atoms with van der Waals surface area (Å²) in [6.45, 7) is 0.146. The summed E-state index contributed by atoms with van der Waals surface area (Å²) >= 11 is 5.91. The normalized spacial score (nSPS) is 10.2. The van der Waals surface area contributed by atoms with Gasteiger partial charge in [-0.1, -0.05) is 41.9 Å². The van der Waals surface area contributed by atoms with Crippen molar-refractivity contribution in [2.45, 2.75) is 12.8 Å². The third-order valence-electron chi connectivity index (χ3n) is 3.52. The monoisotopic (exact) mass is 361 g/mol. The minimum Gasteiger partial charge on any atom is -0.496 e. The fourth-order valence-corrected chi connectivity index (χ4v) is 2.50. The molecule has 0 bridgehead atoms. The van der Waals surface area contributed by atoms with Gasteiger partial charge >= 0.3 is 5.97 Å². The molecule has 0 aliphatic heterocycles. The lowest BCUT2D eigenvalue weighted by atomic mass is 10.1. The van der Waals surface area contributed by atoms with E-state index in [4.69, 9.17) is 21.1 Å². The Kier molecular flexibility index (Phi) is 7.29. The van der Waals surface area contributed by atoms with E-state index in [-0.39, 0.29) is 18.9 Å². The summed E-state index contributed by atoms with van der Waals surface area (Å²) in [7, 11) is 1.54. The van der Waals surface area contributed by atoms with Gasteiger partial charge in [-0.2, -0.15) is 0 Å². The van der Waals surface area contributed by atoms with Crippen LogP contribution in [0.4, 0.5) is 0 Å². The van der Waals surface area contributed by atoms with Crippen molar-refractivity contribution in [2.24, 2.45) is 0 Å². The molecule has 0 atom stereocenters. The van der Waals surface area contributed by atoms with Gasteiger partial charge in [0.05, 0.1) is 13.5 Å². The van der Waals surface area contributed by atoms with E-state index in [2.05, 4.69) is 5.32 Å². The number of benzene rings is 2. The van der Waals surface area contributed by atoms with Crippen molar-refractivity contribution in [1.82, 2.24) is 5.32 Å². The fraction of sp³-hybridized carbons (Fsp3) is 0.263. The summed E-state index contributed by atoms with van der Waals surface area (Å²) in [5.74, 6) is -0.199. The van der Waals surface area contributed by atoms with Crippen molar-refractivity contribution in [2.75, 3.05) is 20.3 Å². The van der Waals surface area contributed by atoms with Crippen molar-refractivity contribution in [1.29, 1.82) is 0 Å². The molecule has 6 heteroatoms. The Bertz CT molecular complexity index is 733. The van der Waals surface area contributed by atoms with E-state index in [1.165, 1.54) is 7.11 Å². The van der Waals surface area contributed by atoms with E-state index >= 15 is 0 Å². The Hall–Kier alpha value is -2.53. The van der Waals surface area contributed by atoms with Crippen molar-refractivity contribution >= 4 is 23.5 Å². The van der Waals surface area contributed by atoms with Crippen LogP contribution in [0, 0.1) is 0 Å². The molecule has 2 aromatic carbocycles. The Balaban J connectivity index is 1.69. The topological polar surface area (TPSA) is 64.6 Å². The second-order valence-corrected chi connectivity index (χ2v) is 5.82. The minimum absolute atomic E-state index is 0.0554. The van der Waals surface area contributed by atoms with Gasteiger partial charge in [0.25, 0.3) is 5.91 Å². The molecule has 2 rings (SSSR count). The van der Waals surface area contributed by atoms with Gasteiger partial charge < -0.3 is 14.8 Å². The molecule has 0 fully saturated rings. The number of esters is 1. The van der Waals surface area contributed by atoms with Crippen LogP contribution in [0.2, 0.25) is 5.02 Å². The van der Waals surface area contributed by atoms with E-state index in [0.29, 0.717) is 23.7 Å². The Morgan fingerprint density at radius 2 is 1.92 bits per heavy atom. The van der Waals surface area contributed by atoms with Gasteiger partial charge in [0.1, 0.15) is 5.75 Å². The molecule has 1 amide bonds. The third kappa shape index (κ3) is 6.47. The van der Waals surface area contributed by atoms with Gasteiger partial charge in [-0.25, -0.2) is 0 Å². The first kappa shape index (κ1) is 18.8. The number of hydrogen-bond acceptors (Lipinski definition) is 4. The number of ether oxygens (including phenoxy) is 2. The average Bonchev–Trinajstić information content (AvgIpc) is 2.60. The summed E-state index contributed by atoms with van der Waals surface area (Å²) in [4.78, 5) is 23.6. The van der Waals surface area contributed by atoms with E-state index < -0.39 is 5.97 Å². The van der Waals surface area contributed by atoms with Crippen LogP contribution in [-0.2, 0) is 27.2 Å². The molecule has 0 radical (unpaired) electrons. The number of carbonyl (C=O) groups is 2. The standard InChI is InChI=1S/C19H20ClNO4/c1-24-17-8-3-2-6-15(17)12-19(23)25-13-18(22)21-10-9-14-5-4-7-16(20)11-14/h2-8,11H,9-10,12-13H2,1H3,(H,21,22). The molecule has 0 heterocycles. The summed E-state index contributed by atoms with van der Waals surface area (Å²) in [6.07, 6.45) is 0.710. The number of nitrogens with one attached hydrogen (secondary N) is 1. The zero-order chi connectivity index (χ0) is 18.1. The highest BCUT2D eigenvalue weighted by atomic mass is 35.5. The van der Waals surface area contributed by atoms with Crippen LogP contribution < -0.4 is 10.1 Å². The maximum absolute atomic E-state index is 11.8. The Labute approximate surface area is 151 Å². The van der Waals surface area contributed by atoms with E-state index in [1.807, 2.05) is 30.3 Å². The number of rotatable bonds is 8. The van der Waals surface area contributed by atoms with Gasteiger partial charge in [-0.3, -0.25) is 9.59 Å². The van der Waals surface area contributed by atoms with Crippen LogP contribution in [0.25, 0.3) is 0 Å². The number of methoxy groups -OCH3 is 1. The number of para-hydroxylation sites is 1. The molecular weight excluding hydrogens is 342 g/mol. The van der Waals surface area contributed by atoms with Crippen LogP contribution >= 0.6 is 11.6 Å². The molecule has 0 aliphatic carbocycles. The molecule has 1 N–H and O–H groups in total. The summed E-state index contributed by atoms with van der Waals surface area (Å²) in [5.41, 5.74) is 1.75. The molecular formula is C19H20ClNO4. The van der Waals surface area contributed by atoms with Crippen molar-refractivity contribution in [3.05, 3.63) is 64.7 Å². The molecule has 0 saturated heterocycles. The summed E-state index contributed by atoms with van der Waals surface area (Å²) in [5, 5.41) is 3.37. The zero-order valence-electron chi connectivity index (χ0n) is 14.0. The van der Waals surface area contributed by atoms with Gasteiger partial charge in [0, 0.05) is 17.1 Å². The largest absolute Gasteiger partial charge is 0.496 e. The predicted octanol–water partition coefficient (Wildman–Crippen LogP) is 2.79. The maximum Gasteiger partial charge on any atom is 0.310 e. The first-order valence-corrected chi connectivity index (χ1v) is 8.25. The fourth-order valence-electron chi connectivity index (χ4n) is 2.29. The minimum atomic E-state index is -0.477. The average molecular weight is 362 g/mol. The smallest absolute Gasteiger partial charge is 0.310 e. The van der Waals surface area contributed by atoms with Crippen LogP contribution in [0.1, 0.15) is 11.1 Å². The molecule has 0 spiro atoms. The number of halogens is 1. The summed E-state index contributed by atoms with van der Waals surface area (Å²) < 4.78 is 10.2. The van der Waals surface area contributed by atoms with Crippen molar-refractivity contribution in [3.8, 4) is 5.75 Å². The highest BCUT2D eigenvalue weighted by Crippen LogP contribution is 2.18. The first-order valence-electron chi connectivity index (χ1n) is 7.87. The molecule has 2 aromatic rings. The molecule has 0 aromatic heterocycles. The molecule has 0 aliphatic rings. The Morgan fingerprint density at radius 3 is 2.68 bits per heavy atom. The van der Waals surface area contributed by atoms with Crippen molar-refractivity contribution < 1.29 is 19.1 Å². The lowest BCUT2D eigenvalue weighted by molar-refractivity contribution is -0.147. The molecule has 0 unspecified atom stereocenters. The Morgan fingerprint density at radius 1 is 1.12 bits per heavy atom. The van der Waals surface area contributed by atoms with E-state index in [1.54, 1.807) is 18.2 Å². The van der Waals surface area contributed by atoms with Gasteiger partial charge in [-0.05, 0) is 30.2 Å². The highest BCUT2D eigenvalue weighted by molar-refractivity contribution is 6.30. The van der Waals surface area contributed by atoms with Crippen LogP contribution in [0.5, 0.6) is 5.75 Å². The van der Waals surface area contributed by atoms with Crippen LogP contribution in [-0.4, -0.2) is 32.1 Å². The second-order valence-electron chi connectivity index (χ2n) is 5.38. The number of carbonyl (C=O) groups excluding carboxylic acids is 2. The molecule has 25 heavy (non-hydrogen) atoms. The maximum atomic E-state index is 11.8. The molecule has 132 valence electrons. The number of amides is 1. The lowest BCUT2D eigenvalue weighted by Crippen LogP contribution is -2.30. The first-order chi connectivity index (χ1) is 12.1. The summed E-state index contributed by atoms with van der Waals surface area (Å²) in [6, 6.07) is 14.6. The SMILES string of the molecule is COc1ccccc1CC(=O)OCC(=O)NCCc1cccc(Cl)c1. The zero-order valence-corrected chi connectivity index (χ0v) is 14.7. The quantitative estimate of drug-likeness (QED) is 0.734. The van der Waals surface area contributed by atoms with E-state index in [0.717, 1.165) is 11.1 Å². The number of hydrogen-bond donors (Lipinski definition) is 1. The van der Waals surface area contributed by atoms with Crippen LogP contribution in [0.15, 0.2) is 48.5 Å². The molecule has 0 saturated carbocycles. The highest BCUT2D eigenvalue weighted by Gasteiger charge is 2.11. The van der Waals surface area contributed by atoms with Crippen molar-refractivity contribution in [3.63, 3.8) is 0 Å². The van der Waals surface area contributed by atoms with E-state index in [9.17, 15) is 9.59 Å². The lowest BCUT2D eigenvalue weighted by Gasteiger charge is -2.09. The van der Waals surface area contributed by atoms with Crippen LogP contribution in [0.3, 0.4) is 0 Å².